The van der Waals surface area contributed by atoms with Gasteiger partial charge in [-0.05, 0) is 19.3 Å². The van der Waals surface area contributed by atoms with Gasteiger partial charge in [-0.1, -0.05) is 70.8 Å². The summed E-state index contributed by atoms with van der Waals surface area (Å²) in [6.45, 7) is 3.60. The lowest BCUT2D eigenvalue weighted by Crippen LogP contribution is -2.35. The Morgan fingerprint density at radius 3 is 2.11 bits per heavy atom. The molecule has 0 saturated heterocycles. The van der Waals surface area contributed by atoms with Crippen molar-refractivity contribution in [2.24, 2.45) is 0 Å². The molecule has 9 nitrogen and oxygen atoms in total. The molecule has 0 N–H and O–H groups in total. The molecular weight excluding hydrogens is 509 g/mol. The summed E-state index contributed by atoms with van der Waals surface area (Å²) < 4.78 is 40.3. The lowest BCUT2D eigenvalue weighted by molar-refractivity contribution is -0.697. The molecule has 0 spiro atoms. The van der Waals surface area contributed by atoms with E-state index in [9.17, 15) is 14.3 Å². The average Bonchev–Trinajstić information content (AvgIpc) is 2.92. The molecule has 0 aliphatic rings. The van der Waals surface area contributed by atoms with E-state index in [0.717, 1.165) is 12.8 Å². The highest BCUT2D eigenvalue weighted by molar-refractivity contribution is 7.45. The number of unbranched alkanes of at least 4 members (excludes halogenated alkanes) is 10. The standard InChI is InChI=1S/C28H50NO8P/c1-3-4-5-6-7-8-9-10-11-16-22-34-25-27(35-23-17-13-18-28(30)33-2)26-37-38(31,32)36-24-21-29-19-14-12-15-20-29/h12,14-15,19-20,27H,3-11,13,16-18,21-26H2,1-2H3. The molecule has 0 saturated carbocycles. The lowest BCUT2D eigenvalue weighted by Gasteiger charge is -2.25. The van der Waals surface area contributed by atoms with Crippen molar-refractivity contribution in [3.8, 4) is 0 Å². The Morgan fingerprint density at radius 1 is 0.816 bits per heavy atom. The Labute approximate surface area is 229 Å². The molecular formula is C28H50NO8P. The third-order valence-corrected chi connectivity index (χ3v) is 7.06. The number of hydrogen-bond donors (Lipinski definition) is 0. The van der Waals surface area contributed by atoms with Gasteiger partial charge in [-0.2, -0.15) is 0 Å². The summed E-state index contributed by atoms with van der Waals surface area (Å²) in [5, 5.41) is 0. The Hall–Kier alpha value is -1.35. The van der Waals surface area contributed by atoms with Crippen LogP contribution in [0.1, 0.15) is 90.4 Å². The van der Waals surface area contributed by atoms with E-state index in [4.69, 9.17) is 18.5 Å². The van der Waals surface area contributed by atoms with E-state index in [1.807, 2.05) is 35.2 Å². The van der Waals surface area contributed by atoms with Gasteiger partial charge in [0.1, 0.15) is 12.7 Å². The molecule has 1 aromatic rings. The van der Waals surface area contributed by atoms with Crippen LogP contribution in [0.5, 0.6) is 0 Å². The van der Waals surface area contributed by atoms with Crippen LogP contribution in [0, 0.1) is 0 Å². The Balaban J connectivity index is 2.28. The fourth-order valence-electron chi connectivity index (χ4n) is 3.83. The van der Waals surface area contributed by atoms with Crippen molar-refractivity contribution >= 4 is 13.8 Å². The molecule has 0 amide bonds. The zero-order chi connectivity index (χ0) is 27.7. The number of esters is 1. The lowest BCUT2D eigenvalue weighted by atomic mass is 10.1. The number of hydrogen-bond acceptors (Lipinski definition) is 8. The summed E-state index contributed by atoms with van der Waals surface area (Å²) >= 11 is 0. The van der Waals surface area contributed by atoms with Crippen LogP contribution in [0.3, 0.4) is 0 Å². The van der Waals surface area contributed by atoms with Crippen LogP contribution >= 0.6 is 7.82 Å². The van der Waals surface area contributed by atoms with Crippen molar-refractivity contribution in [3.05, 3.63) is 30.6 Å². The number of carbonyl (C=O) groups excluding carboxylic acids is 1. The molecule has 1 rings (SSSR count). The van der Waals surface area contributed by atoms with Crippen LogP contribution < -0.4 is 9.46 Å². The van der Waals surface area contributed by atoms with Gasteiger partial charge in [-0.25, -0.2) is 4.57 Å². The van der Waals surface area contributed by atoms with Crippen LogP contribution in [0.4, 0.5) is 0 Å². The Morgan fingerprint density at radius 2 is 1.45 bits per heavy atom. The second-order valence-corrected chi connectivity index (χ2v) is 10.9. The number of rotatable bonds is 26. The third kappa shape index (κ3) is 20.6. The van der Waals surface area contributed by atoms with Gasteiger partial charge in [-0.3, -0.25) is 9.36 Å². The van der Waals surface area contributed by atoms with Gasteiger partial charge in [0.25, 0.3) is 7.82 Å². The minimum absolute atomic E-state index is 0.0241. The van der Waals surface area contributed by atoms with Crippen molar-refractivity contribution in [3.63, 3.8) is 0 Å². The van der Waals surface area contributed by atoms with Crippen LogP contribution in [-0.2, 0) is 39.2 Å². The van der Waals surface area contributed by atoms with E-state index in [-0.39, 0.29) is 25.8 Å². The highest BCUT2D eigenvalue weighted by Gasteiger charge is 2.17. The van der Waals surface area contributed by atoms with Gasteiger partial charge < -0.3 is 28.2 Å². The molecule has 220 valence electrons. The van der Waals surface area contributed by atoms with Crippen LogP contribution in [0.15, 0.2) is 30.6 Å². The largest absolute Gasteiger partial charge is 0.756 e. The van der Waals surface area contributed by atoms with Gasteiger partial charge in [0.05, 0.1) is 20.3 Å². The molecule has 0 aliphatic carbocycles. The fraction of sp³-hybridized carbons (Fsp3) is 0.786. The summed E-state index contributed by atoms with van der Waals surface area (Å²) in [6.07, 6.45) is 17.2. The van der Waals surface area contributed by atoms with Crippen molar-refractivity contribution in [1.29, 1.82) is 0 Å². The SMILES string of the molecule is CCCCCCCCCCCCOCC(COP(=O)([O-])OCC[n+]1ccccc1)OCCCCC(=O)OC. The molecule has 0 aromatic carbocycles. The molecule has 2 unspecified atom stereocenters. The van der Waals surface area contributed by atoms with Gasteiger partial charge in [0, 0.05) is 31.8 Å². The highest BCUT2D eigenvalue weighted by atomic mass is 31.2. The van der Waals surface area contributed by atoms with Crippen molar-refractivity contribution < 1.29 is 42.1 Å². The molecule has 0 fully saturated rings. The second-order valence-electron chi connectivity index (χ2n) is 9.47. The summed E-state index contributed by atoms with van der Waals surface area (Å²) in [5.74, 6) is -0.261. The first-order valence-electron chi connectivity index (χ1n) is 14.3. The molecule has 1 aromatic heterocycles. The first-order chi connectivity index (χ1) is 18.5. The molecule has 38 heavy (non-hydrogen) atoms. The quantitative estimate of drug-likeness (QED) is 0.0665. The Bertz CT molecular complexity index is 737. The van der Waals surface area contributed by atoms with Gasteiger partial charge >= 0.3 is 5.97 Å². The highest BCUT2D eigenvalue weighted by Crippen LogP contribution is 2.38. The number of methoxy groups -OCH3 is 1. The number of phosphoric acid groups is 1. The number of phosphoric ester groups is 1. The number of pyridine rings is 1. The topological polar surface area (TPSA) is 107 Å². The average molecular weight is 560 g/mol. The smallest absolute Gasteiger partial charge is 0.305 e. The van der Waals surface area contributed by atoms with Crippen molar-refractivity contribution in [1.82, 2.24) is 0 Å². The monoisotopic (exact) mass is 559 g/mol. The van der Waals surface area contributed by atoms with E-state index < -0.39 is 13.9 Å². The minimum Gasteiger partial charge on any atom is -0.756 e. The molecule has 0 bridgehead atoms. The number of carbonyl (C=O) groups is 1. The second kappa shape index (κ2) is 23.5. The van der Waals surface area contributed by atoms with Crippen molar-refractivity contribution in [2.45, 2.75) is 103 Å². The zero-order valence-electron chi connectivity index (χ0n) is 23.6. The summed E-state index contributed by atoms with van der Waals surface area (Å²) in [7, 11) is -3.11. The van der Waals surface area contributed by atoms with Crippen LogP contribution in [-0.4, -0.2) is 52.2 Å². The minimum atomic E-state index is -4.48. The molecule has 0 radical (unpaired) electrons. The number of ether oxygens (including phenoxy) is 3. The van der Waals surface area contributed by atoms with E-state index in [2.05, 4.69) is 11.7 Å². The third-order valence-electron chi connectivity index (χ3n) is 6.10. The number of aromatic nitrogens is 1. The summed E-state index contributed by atoms with van der Waals surface area (Å²) in [4.78, 5) is 23.5. The van der Waals surface area contributed by atoms with Gasteiger partial charge in [-0.15, -0.1) is 0 Å². The first-order valence-corrected chi connectivity index (χ1v) is 15.7. The fourth-order valence-corrected chi connectivity index (χ4v) is 4.56. The van der Waals surface area contributed by atoms with Crippen molar-refractivity contribution in [2.75, 3.05) is 40.1 Å². The molecule has 2 atom stereocenters. The van der Waals surface area contributed by atoms with Gasteiger partial charge in [0.2, 0.25) is 0 Å². The van der Waals surface area contributed by atoms with Crippen LogP contribution in [0.25, 0.3) is 0 Å². The predicted molar refractivity (Wildman–Crippen MR) is 144 cm³/mol. The Kier molecular flexibility index (Phi) is 21.5. The molecule has 10 heteroatoms. The van der Waals surface area contributed by atoms with E-state index >= 15 is 0 Å². The maximum absolute atomic E-state index is 12.2. The molecule has 0 aliphatic heterocycles. The van der Waals surface area contributed by atoms with Gasteiger partial charge in [0.15, 0.2) is 18.9 Å². The zero-order valence-corrected chi connectivity index (χ0v) is 24.5. The van der Waals surface area contributed by atoms with E-state index in [0.29, 0.717) is 39.0 Å². The number of nitrogens with zero attached hydrogens (tertiary/aromatic N) is 1. The van der Waals surface area contributed by atoms with E-state index in [1.54, 1.807) is 0 Å². The summed E-state index contributed by atoms with van der Waals surface area (Å²) in [5.41, 5.74) is 0. The maximum Gasteiger partial charge on any atom is 0.305 e. The maximum atomic E-state index is 12.2. The first kappa shape index (κ1) is 34.7. The molecule has 1 heterocycles. The van der Waals surface area contributed by atoms with E-state index in [1.165, 1.54) is 58.5 Å². The summed E-state index contributed by atoms with van der Waals surface area (Å²) in [6, 6.07) is 5.60. The normalized spacial score (nSPS) is 13.8. The van der Waals surface area contributed by atoms with Crippen LogP contribution in [0.2, 0.25) is 0 Å². The predicted octanol–water partition coefficient (Wildman–Crippen LogP) is 5.14.